The van der Waals surface area contributed by atoms with E-state index in [1.807, 2.05) is 12.1 Å². The summed E-state index contributed by atoms with van der Waals surface area (Å²) in [4.78, 5) is 5.07. The topological polar surface area (TPSA) is 6.48 Å². The van der Waals surface area contributed by atoms with Gasteiger partial charge in [0.15, 0.2) is 0 Å². The van der Waals surface area contributed by atoms with Gasteiger partial charge in [-0.25, -0.2) is 0 Å². The number of thiol groups is 1. The maximum atomic E-state index is 6.07. The van der Waals surface area contributed by atoms with Gasteiger partial charge in [0.05, 0.1) is 6.04 Å². The zero-order valence-corrected chi connectivity index (χ0v) is 14.9. The number of hydrogen-bond donors (Lipinski definition) is 1. The fourth-order valence-corrected chi connectivity index (χ4v) is 3.69. The Morgan fingerprint density at radius 1 is 0.870 bits per heavy atom. The molecule has 0 aromatic heterocycles. The summed E-state index contributed by atoms with van der Waals surface area (Å²) in [5.74, 6) is 0.930. The van der Waals surface area contributed by atoms with Crippen LogP contribution in [0.3, 0.4) is 0 Å². The first-order valence-corrected chi connectivity index (χ1v) is 9.16. The Bertz CT molecular complexity index is 595. The quantitative estimate of drug-likeness (QED) is 0.818. The molecule has 2 nitrogen and oxygen atoms in total. The summed E-state index contributed by atoms with van der Waals surface area (Å²) in [5, 5.41) is 0.791. The number of piperazine rings is 1. The molecule has 1 aliphatic rings. The van der Waals surface area contributed by atoms with E-state index in [9.17, 15) is 0 Å². The van der Waals surface area contributed by atoms with E-state index < -0.39 is 0 Å². The Morgan fingerprint density at radius 2 is 1.48 bits per heavy atom. The molecule has 23 heavy (non-hydrogen) atoms. The van der Waals surface area contributed by atoms with Gasteiger partial charge < -0.3 is 0 Å². The van der Waals surface area contributed by atoms with Gasteiger partial charge in [-0.2, -0.15) is 12.6 Å². The van der Waals surface area contributed by atoms with Gasteiger partial charge >= 0.3 is 0 Å². The minimum absolute atomic E-state index is 0.298. The van der Waals surface area contributed by atoms with Gasteiger partial charge in [-0.3, -0.25) is 9.80 Å². The summed E-state index contributed by atoms with van der Waals surface area (Å²) < 4.78 is 0. The van der Waals surface area contributed by atoms with Gasteiger partial charge in [-0.15, -0.1) is 0 Å². The molecule has 0 aliphatic carbocycles. The molecule has 1 heterocycles. The van der Waals surface area contributed by atoms with E-state index in [0.29, 0.717) is 6.04 Å². The molecule has 0 saturated carbocycles. The number of halogens is 1. The van der Waals surface area contributed by atoms with Crippen molar-refractivity contribution in [2.75, 3.05) is 38.5 Å². The van der Waals surface area contributed by atoms with Gasteiger partial charge in [-0.05, 0) is 23.3 Å². The van der Waals surface area contributed by atoms with Crippen molar-refractivity contribution in [3.63, 3.8) is 0 Å². The van der Waals surface area contributed by atoms with Gasteiger partial charge in [-0.1, -0.05) is 54.1 Å². The van der Waals surface area contributed by atoms with Crippen LogP contribution in [0.5, 0.6) is 0 Å². The van der Waals surface area contributed by atoms with Gasteiger partial charge in [0, 0.05) is 43.5 Å². The normalized spacial score (nSPS) is 18.0. The molecule has 1 atom stereocenters. The second-order valence-electron chi connectivity index (χ2n) is 5.97. The Morgan fingerprint density at radius 3 is 2.09 bits per heavy atom. The summed E-state index contributed by atoms with van der Waals surface area (Å²) in [6.45, 7) is 5.45. The van der Waals surface area contributed by atoms with E-state index in [1.54, 1.807) is 0 Å². The van der Waals surface area contributed by atoms with Crippen LogP contribution in [0.15, 0.2) is 54.6 Å². The lowest BCUT2D eigenvalue weighted by Gasteiger charge is -2.39. The summed E-state index contributed by atoms with van der Waals surface area (Å²) >= 11 is 10.4. The zero-order chi connectivity index (χ0) is 16.1. The van der Waals surface area contributed by atoms with Crippen LogP contribution in [0.1, 0.15) is 17.2 Å². The number of nitrogens with zero attached hydrogens (tertiary/aromatic N) is 2. The SMILES string of the molecule is SCCN1CCN(C(c2ccccc2)c2ccc(Cl)cc2)CC1. The fraction of sp³-hybridized carbons (Fsp3) is 0.368. The van der Waals surface area contributed by atoms with Crippen LogP contribution in [-0.4, -0.2) is 48.3 Å². The van der Waals surface area contributed by atoms with E-state index in [2.05, 4.69) is 64.9 Å². The lowest BCUT2D eigenvalue weighted by molar-refractivity contribution is 0.114. The highest BCUT2D eigenvalue weighted by atomic mass is 35.5. The highest BCUT2D eigenvalue weighted by Gasteiger charge is 2.25. The molecule has 3 rings (SSSR count). The molecule has 2 aromatic carbocycles. The Kier molecular flexibility index (Phi) is 6.01. The summed E-state index contributed by atoms with van der Waals surface area (Å²) in [6.07, 6.45) is 0. The lowest BCUT2D eigenvalue weighted by Crippen LogP contribution is -2.48. The summed E-state index contributed by atoms with van der Waals surface area (Å²) in [6, 6.07) is 19.3. The van der Waals surface area contributed by atoms with E-state index in [0.717, 1.165) is 43.5 Å². The van der Waals surface area contributed by atoms with Crippen molar-refractivity contribution in [1.82, 2.24) is 9.80 Å². The minimum atomic E-state index is 0.298. The first kappa shape index (κ1) is 16.8. The van der Waals surface area contributed by atoms with Crippen LogP contribution in [-0.2, 0) is 0 Å². The third-order valence-corrected chi connectivity index (χ3v) is 4.94. The van der Waals surface area contributed by atoms with Crippen molar-refractivity contribution in [3.05, 3.63) is 70.7 Å². The Labute approximate surface area is 149 Å². The number of hydrogen-bond acceptors (Lipinski definition) is 3. The third-order valence-electron chi connectivity index (χ3n) is 4.49. The third kappa shape index (κ3) is 4.30. The fourth-order valence-electron chi connectivity index (χ4n) is 3.28. The average molecular weight is 347 g/mol. The van der Waals surface area contributed by atoms with Crippen molar-refractivity contribution in [1.29, 1.82) is 0 Å². The predicted octanol–water partition coefficient (Wildman–Crippen LogP) is 3.98. The van der Waals surface area contributed by atoms with Crippen molar-refractivity contribution in [3.8, 4) is 0 Å². The maximum Gasteiger partial charge on any atom is 0.0602 e. The minimum Gasteiger partial charge on any atom is -0.300 e. The van der Waals surface area contributed by atoms with Gasteiger partial charge in [0.2, 0.25) is 0 Å². The van der Waals surface area contributed by atoms with Crippen LogP contribution in [0, 0.1) is 0 Å². The van der Waals surface area contributed by atoms with Crippen LogP contribution < -0.4 is 0 Å². The molecular formula is C19H23ClN2S. The second-order valence-corrected chi connectivity index (χ2v) is 6.85. The van der Waals surface area contributed by atoms with E-state index >= 15 is 0 Å². The monoisotopic (exact) mass is 346 g/mol. The van der Waals surface area contributed by atoms with Crippen LogP contribution in [0.25, 0.3) is 0 Å². The highest BCUT2D eigenvalue weighted by molar-refractivity contribution is 7.80. The average Bonchev–Trinajstić information content (AvgIpc) is 2.60. The van der Waals surface area contributed by atoms with E-state index in [-0.39, 0.29) is 0 Å². The van der Waals surface area contributed by atoms with E-state index in [1.165, 1.54) is 11.1 Å². The number of rotatable bonds is 5. The van der Waals surface area contributed by atoms with Crippen LogP contribution >= 0.6 is 24.2 Å². The van der Waals surface area contributed by atoms with Crippen LogP contribution in [0.2, 0.25) is 5.02 Å². The molecule has 0 bridgehead atoms. The molecule has 0 N–H and O–H groups in total. The van der Waals surface area contributed by atoms with Gasteiger partial charge in [0.1, 0.15) is 0 Å². The van der Waals surface area contributed by atoms with Crippen molar-refractivity contribution < 1.29 is 0 Å². The second kappa shape index (κ2) is 8.20. The molecule has 0 radical (unpaired) electrons. The standard InChI is InChI=1S/C19H23ClN2S/c20-18-8-6-17(7-9-18)19(16-4-2-1-3-5-16)22-12-10-21(11-13-22)14-15-23/h1-9,19,23H,10-15H2. The lowest BCUT2D eigenvalue weighted by atomic mass is 9.96. The molecule has 1 saturated heterocycles. The molecular weight excluding hydrogens is 324 g/mol. The summed E-state index contributed by atoms with van der Waals surface area (Å²) in [5.41, 5.74) is 2.65. The Balaban J connectivity index is 1.83. The molecule has 4 heteroatoms. The number of benzene rings is 2. The predicted molar refractivity (Wildman–Crippen MR) is 102 cm³/mol. The van der Waals surface area contributed by atoms with Crippen molar-refractivity contribution in [2.24, 2.45) is 0 Å². The zero-order valence-electron chi connectivity index (χ0n) is 13.2. The van der Waals surface area contributed by atoms with Crippen molar-refractivity contribution in [2.45, 2.75) is 6.04 Å². The van der Waals surface area contributed by atoms with Gasteiger partial charge in [0.25, 0.3) is 0 Å². The Hall–Kier alpha value is -1.00. The molecule has 0 amide bonds. The molecule has 1 aliphatic heterocycles. The molecule has 0 spiro atoms. The maximum absolute atomic E-state index is 6.07. The smallest absolute Gasteiger partial charge is 0.0602 e. The first-order valence-electron chi connectivity index (χ1n) is 8.15. The van der Waals surface area contributed by atoms with E-state index in [4.69, 9.17) is 11.6 Å². The van der Waals surface area contributed by atoms with Crippen LogP contribution in [0.4, 0.5) is 0 Å². The molecule has 1 unspecified atom stereocenters. The van der Waals surface area contributed by atoms with Crippen molar-refractivity contribution >= 4 is 24.2 Å². The molecule has 2 aromatic rings. The summed E-state index contributed by atoms with van der Waals surface area (Å²) in [7, 11) is 0. The molecule has 122 valence electrons. The molecule has 1 fully saturated rings. The highest BCUT2D eigenvalue weighted by Crippen LogP contribution is 2.30. The largest absolute Gasteiger partial charge is 0.300 e. The first-order chi connectivity index (χ1) is 11.3.